The number of fused-ring (bicyclic) bond motifs is 1. The summed E-state index contributed by atoms with van der Waals surface area (Å²) in [6.45, 7) is 0. The van der Waals surface area contributed by atoms with Gasteiger partial charge in [-0.3, -0.25) is 24.0 Å². The van der Waals surface area contributed by atoms with E-state index in [0.717, 1.165) is 21.4 Å². The van der Waals surface area contributed by atoms with E-state index in [2.05, 4.69) is 15.0 Å². The summed E-state index contributed by atoms with van der Waals surface area (Å²) >= 11 is 0. The fourth-order valence-corrected chi connectivity index (χ4v) is 2.42. The van der Waals surface area contributed by atoms with Gasteiger partial charge in [0.1, 0.15) is 11.3 Å². The van der Waals surface area contributed by atoms with Crippen LogP contribution in [0.4, 0.5) is 11.4 Å². The van der Waals surface area contributed by atoms with Gasteiger partial charge < -0.3 is 15.1 Å². The van der Waals surface area contributed by atoms with Crippen molar-refractivity contribution in [3.8, 4) is 5.88 Å². The molecule has 0 saturated heterocycles. The van der Waals surface area contributed by atoms with E-state index in [1.807, 2.05) is 0 Å². The van der Waals surface area contributed by atoms with Crippen molar-refractivity contribution in [2.45, 2.75) is 0 Å². The number of hydrogen-bond acceptors (Lipinski definition) is 7. The number of aromatic amines is 2. The van der Waals surface area contributed by atoms with Crippen molar-refractivity contribution >= 4 is 28.6 Å². The predicted molar refractivity (Wildman–Crippen MR) is 91.4 cm³/mol. The van der Waals surface area contributed by atoms with Crippen molar-refractivity contribution in [2.24, 2.45) is 19.1 Å². The average Bonchev–Trinajstić information content (AvgIpc) is 2.96. The SMILES string of the molecule is Cn1c(O)c(C=Nc2cc3[nH]c(=O)[nH]c3cc2[N+](=O)[O-])c(=O)n(C)c1=O. The number of nitrogens with one attached hydrogen (secondary N) is 2. The Hall–Kier alpha value is -3.96. The standard InChI is InChI=1S/C14H12N6O6/c1-18-11(21)6(12(22)19(2)14(18)24)5-15-9-3-7-8(17-13(23)16-7)4-10(9)20(25)26/h3-5,21H,1-2H3,(H2,16,17,23). The molecule has 0 fully saturated rings. The molecule has 2 heterocycles. The molecule has 0 saturated carbocycles. The number of rotatable bonds is 3. The third-order valence-corrected chi connectivity index (χ3v) is 3.81. The van der Waals surface area contributed by atoms with Crippen LogP contribution in [-0.4, -0.2) is 35.3 Å². The van der Waals surface area contributed by atoms with E-state index in [1.54, 1.807) is 0 Å². The lowest BCUT2D eigenvalue weighted by Crippen LogP contribution is -2.38. The molecule has 0 unspecified atom stereocenters. The van der Waals surface area contributed by atoms with Crippen molar-refractivity contribution in [1.82, 2.24) is 19.1 Å². The van der Waals surface area contributed by atoms with Crippen LogP contribution < -0.4 is 16.9 Å². The first-order chi connectivity index (χ1) is 12.2. The molecular formula is C14H12N6O6. The minimum Gasteiger partial charge on any atom is -0.494 e. The zero-order valence-electron chi connectivity index (χ0n) is 13.5. The Balaban J connectivity index is 2.22. The lowest BCUT2D eigenvalue weighted by molar-refractivity contribution is -0.383. The maximum Gasteiger partial charge on any atom is 0.333 e. The summed E-state index contributed by atoms with van der Waals surface area (Å²) in [4.78, 5) is 54.5. The molecular weight excluding hydrogens is 348 g/mol. The van der Waals surface area contributed by atoms with Crippen LogP contribution in [0.15, 0.2) is 31.5 Å². The highest BCUT2D eigenvalue weighted by Gasteiger charge is 2.17. The molecule has 0 atom stereocenters. The Bertz CT molecular complexity index is 1260. The number of aromatic nitrogens is 4. The van der Waals surface area contributed by atoms with Crippen LogP contribution in [0.5, 0.6) is 5.88 Å². The van der Waals surface area contributed by atoms with Crippen molar-refractivity contribution in [3.05, 3.63) is 59.1 Å². The molecule has 1 aromatic carbocycles. The quantitative estimate of drug-likeness (QED) is 0.327. The zero-order chi connectivity index (χ0) is 19.2. The first kappa shape index (κ1) is 16.9. The second kappa shape index (κ2) is 5.84. The fourth-order valence-electron chi connectivity index (χ4n) is 2.42. The van der Waals surface area contributed by atoms with Gasteiger partial charge in [-0.1, -0.05) is 0 Å². The molecule has 2 aromatic heterocycles. The first-order valence-corrected chi connectivity index (χ1v) is 7.14. The molecule has 3 N–H and O–H groups in total. The second-order valence-corrected chi connectivity index (χ2v) is 5.42. The topological polar surface area (TPSA) is 168 Å². The van der Waals surface area contributed by atoms with Crippen molar-refractivity contribution in [1.29, 1.82) is 0 Å². The predicted octanol–water partition coefficient (Wildman–Crippen LogP) is -0.382. The largest absolute Gasteiger partial charge is 0.494 e. The molecule has 0 aliphatic carbocycles. The number of imidazole rings is 1. The van der Waals surface area contributed by atoms with Crippen LogP contribution in [0.2, 0.25) is 0 Å². The molecule has 0 aliphatic heterocycles. The summed E-state index contributed by atoms with van der Waals surface area (Å²) < 4.78 is 1.60. The van der Waals surface area contributed by atoms with E-state index in [-0.39, 0.29) is 22.3 Å². The van der Waals surface area contributed by atoms with Crippen LogP contribution in [0, 0.1) is 10.1 Å². The van der Waals surface area contributed by atoms with E-state index in [1.165, 1.54) is 20.2 Å². The smallest absolute Gasteiger partial charge is 0.333 e. The van der Waals surface area contributed by atoms with Gasteiger partial charge in [0.15, 0.2) is 0 Å². The number of nitro benzene ring substituents is 1. The van der Waals surface area contributed by atoms with Gasteiger partial charge in [-0.25, -0.2) is 14.6 Å². The highest BCUT2D eigenvalue weighted by atomic mass is 16.6. The Labute approximate surface area is 142 Å². The molecule has 134 valence electrons. The highest BCUT2D eigenvalue weighted by Crippen LogP contribution is 2.30. The number of nitro groups is 1. The number of aliphatic imine (C=N–C) groups is 1. The third-order valence-electron chi connectivity index (χ3n) is 3.81. The number of aromatic hydroxyl groups is 1. The van der Waals surface area contributed by atoms with Gasteiger partial charge in [-0.2, -0.15) is 0 Å². The van der Waals surface area contributed by atoms with Gasteiger partial charge in [0.2, 0.25) is 5.88 Å². The first-order valence-electron chi connectivity index (χ1n) is 7.14. The summed E-state index contributed by atoms with van der Waals surface area (Å²) in [6, 6.07) is 2.38. The monoisotopic (exact) mass is 360 g/mol. The minimum atomic E-state index is -0.812. The molecule has 26 heavy (non-hydrogen) atoms. The molecule has 0 amide bonds. The minimum absolute atomic E-state index is 0.145. The van der Waals surface area contributed by atoms with Crippen molar-refractivity contribution in [2.75, 3.05) is 0 Å². The maximum atomic E-state index is 12.1. The van der Waals surface area contributed by atoms with Crippen LogP contribution in [-0.2, 0) is 14.1 Å². The van der Waals surface area contributed by atoms with E-state index in [4.69, 9.17) is 0 Å². The number of hydrogen-bond donors (Lipinski definition) is 3. The van der Waals surface area contributed by atoms with Gasteiger partial charge in [-0.05, 0) is 6.07 Å². The highest BCUT2D eigenvalue weighted by molar-refractivity contribution is 5.89. The molecule has 3 aromatic rings. The molecule has 12 nitrogen and oxygen atoms in total. The summed E-state index contributed by atoms with van der Waals surface area (Å²) in [5.41, 5.74) is -2.45. The van der Waals surface area contributed by atoms with E-state index < -0.39 is 33.4 Å². The molecule has 3 rings (SSSR count). The van der Waals surface area contributed by atoms with Gasteiger partial charge in [-0.15, -0.1) is 0 Å². The lowest BCUT2D eigenvalue weighted by atomic mass is 10.2. The average molecular weight is 360 g/mol. The molecule has 0 radical (unpaired) electrons. The normalized spacial score (nSPS) is 11.5. The molecule has 0 aliphatic rings. The van der Waals surface area contributed by atoms with Gasteiger partial charge in [0.25, 0.3) is 11.2 Å². The Morgan fingerprint density at radius 1 is 1.15 bits per heavy atom. The molecule has 0 spiro atoms. The number of H-pyrrole nitrogens is 2. The Morgan fingerprint density at radius 2 is 1.77 bits per heavy atom. The van der Waals surface area contributed by atoms with Gasteiger partial charge >= 0.3 is 11.4 Å². The van der Waals surface area contributed by atoms with Gasteiger partial charge in [0, 0.05) is 26.4 Å². The van der Waals surface area contributed by atoms with Crippen LogP contribution in [0.1, 0.15) is 5.56 Å². The van der Waals surface area contributed by atoms with Gasteiger partial charge in [0.05, 0.1) is 16.0 Å². The number of benzene rings is 1. The van der Waals surface area contributed by atoms with E-state index in [9.17, 15) is 29.6 Å². The Kier molecular flexibility index (Phi) is 3.79. The van der Waals surface area contributed by atoms with E-state index >= 15 is 0 Å². The lowest BCUT2D eigenvalue weighted by Gasteiger charge is -2.07. The maximum absolute atomic E-state index is 12.1. The third kappa shape index (κ3) is 2.58. The van der Waals surface area contributed by atoms with Crippen LogP contribution >= 0.6 is 0 Å². The van der Waals surface area contributed by atoms with E-state index in [0.29, 0.717) is 0 Å². The van der Waals surface area contributed by atoms with Crippen molar-refractivity contribution < 1.29 is 10.0 Å². The zero-order valence-corrected chi connectivity index (χ0v) is 13.5. The Morgan fingerprint density at radius 3 is 2.38 bits per heavy atom. The molecule has 0 bridgehead atoms. The number of nitrogens with zero attached hydrogens (tertiary/aromatic N) is 4. The summed E-state index contributed by atoms with van der Waals surface area (Å²) in [5, 5.41) is 21.2. The van der Waals surface area contributed by atoms with Crippen molar-refractivity contribution in [3.63, 3.8) is 0 Å². The summed E-state index contributed by atoms with van der Waals surface area (Å²) in [6.07, 6.45) is 0.927. The summed E-state index contributed by atoms with van der Waals surface area (Å²) in [5.74, 6) is -0.624. The van der Waals surface area contributed by atoms with Crippen LogP contribution in [0.3, 0.4) is 0 Å². The second-order valence-electron chi connectivity index (χ2n) is 5.42. The van der Waals surface area contributed by atoms with Crippen LogP contribution in [0.25, 0.3) is 11.0 Å². The molecule has 12 heteroatoms. The fraction of sp³-hybridized carbons (Fsp3) is 0.143. The summed E-state index contributed by atoms with van der Waals surface area (Å²) in [7, 11) is 2.48.